The molecule has 0 saturated heterocycles. The molecule has 0 saturated carbocycles. The highest BCUT2D eigenvalue weighted by Crippen LogP contribution is 2.22. The average Bonchev–Trinajstić information content (AvgIpc) is 3.09. The monoisotopic (exact) mass is 804 g/mol. The molecule has 2 heterocycles. The predicted octanol–water partition coefficient (Wildman–Crippen LogP) is 8.17. The summed E-state index contributed by atoms with van der Waals surface area (Å²) < 4.78 is 12.8. The highest BCUT2D eigenvalue weighted by molar-refractivity contribution is 6.32. The zero-order valence-corrected chi connectivity index (χ0v) is 33.3. The van der Waals surface area contributed by atoms with Crippen LogP contribution in [0.1, 0.15) is 110 Å². The molecule has 4 rings (SSSR count). The van der Waals surface area contributed by atoms with Crippen LogP contribution in [0.3, 0.4) is 0 Å². The summed E-state index contributed by atoms with van der Waals surface area (Å²) in [6, 6.07) is 15.1. The van der Waals surface area contributed by atoms with Crippen LogP contribution in [0.25, 0.3) is 0 Å². The van der Waals surface area contributed by atoms with Gasteiger partial charge in [-0.1, -0.05) is 74.5 Å². The fourth-order valence-corrected chi connectivity index (χ4v) is 4.79. The first-order valence-electron chi connectivity index (χ1n) is 17.0. The molecule has 0 fully saturated rings. The number of methoxy groups -OCH3 is 1. The van der Waals surface area contributed by atoms with Gasteiger partial charge in [-0.15, -0.1) is 0 Å². The van der Waals surface area contributed by atoms with Crippen molar-refractivity contribution in [1.82, 2.24) is 19.6 Å². The second-order valence-electron chi connectivity index (χ2n) is 14.3. The summed E-state index contributed by atoms with van der Waals surface area (Å²) in [5.74, 6) is -0.169. The number of carbonyl (C=O) groups is 2. The SMILES string of the molecule is C.C.CC(C)(C)n1ncc(O)c(Cl)c1=O.CC(O)CCc1ccc(COc2cnn(C(C)(C)C)c(=O)c2Cl)cc1.COC(=O)c1ccc(CCC(C)=O)cc1. The number of aliphatic hydroxyl groups excluding tert-OH is 1. The third-order valence-electron chi connectivity index (χ3n) is 7.47. The Kier molecular flexibility index (Phi) is 20.9. The lowest BCUT2D eigenvalue weighted by Crippen LogP contribution is -2.36. The number of benzene rings is 2. The average molecular weight is 806 g/mol. The molecule has 0 radical (unpaired) electrons. The molecule has 0 aliphatic heterocycles. The van der Waals surface area contributed by atoms with Crippen molar-refractivity contribution in [2.24, 2.45) is 0 Å². The number of halogens is 2. The number of esters is 1. The van der Waals surface area contributed by atoms with Crippen molar-refractivity contribution in [3.63, 3.8) is 0 Å². The second kappa shape index (κ2) is 22.8. The molecule has 0 aliphatic rings. The van der Waals surface area contributed by atoms with Gasteiger partial charge in [0.05, 0.1) is 42.2 Å². The molecule has 4 aromatic rings. The van der Waals surface area contributed by atoms with E-state index in [1.165, 1.54) is 22.7 Å². The van der Waals surface area contributed by atoms with Crippen LogP contribution >= 0.6 is 23.2 Å². The van der Waals surface area contributed by atoms with Crippen molar-refractivity contribution >= 4 is 35.0 Å². The number of hydrogen-bond donors (Lipinski definition) is 2. The van der Waals surface area contributed by atoms with Gasteiger partial charge in [0.25, 0.3) is 11.1 Å². The summed E-state index contributed by atoms with van der Waals surface area (Å²) >= 11 is 11.7. The third kappa shape index (κ3) is 16.4. The molecule has 12 nitrogen and oxygen atoms in total. The van der Waals surface area contributed by atoms with Crippen LogP contribution < -0.4 is 15.9 Å². The predicted molar refractivity (Wildman–Crippen MR) is 220 cm³/mol. The second-order valence-corrected chi connectivity index (χ2v) is 15.1. The number of aromatic hydroxyl groups is 1. The lowest BCUT2D eigenvalue weighted by molar-refractivity contribution is -0.116. The van der Waals surface area contributed by atoms with E-state index in [0.717, 1.165) is 42.1 Å². The topological polar surface area (TPSA) is 163 Å². The Morgan fingerprint density at radius 3 is 1.71 bits per heavy atom. The molecule has 0 spiro atoms. The minimum absolute atomic E-state index is 0. The van der Waals surface area contributed by atoms with E-state index in [4.69, 9.17) is 33.0 Å². The van der Waals surface area contributed by atoms with Gasteiger partial charge in [-0.2, -0.15) is 10.2 Å². The third-order valence-corrected chi connectivity index (χ3v) is 8.17. The fourth-order valence-electron chi connectivity index (χ4n) is 4.48. The maximum Gasteiger partial charge on any atom is 0.337 e. The number of aryl methyl sites for hydroxylation is 2. The van der Waals surface area contributed by atoms with E-state index in [0.29, 0.717) is 18.6 Å². The first-order chi connectivity index (χ1) is 24.6. The molecule has 0 aliphatic carbocycles. The number of rotatable bonds is 10. The lowest BCUT2D eigenvalue weighted by Gasteiger charge is -2.21. The molecule has 2 N–H and O–H groups in total. The number of ketones is 1. The van der Waals surface area contributed by atoms with Gasteiger partial charge in [-0.05, 0) is 103 Å². The van der Waals surface area contributed by atoms with Gasteiger partial charge in [0.1, 0.15) is 12.4 Å². The molecule has 304 valence electrons. The van der Waals surface area contributed by atoms with Crippen molar-refractivity contribution in [3.05, 3.63) is 114 Å². The molecule has 2 aromatic carbocycles. The van der Waals surface area contributed by atoms with Crippen molar-refractivity contribution in [1.29, 1.82) is 0 Å². The Bertz CT molecular complexity index is 1930. The first-order valence-corrected chi connectivity index (χ1v) is 17.7. The molecule has 1 atom stereocenters. The minimum Gasteiger partial charge on any atom is -0.505 e. The Labute approximate surface area is 335 Å². The number of ether oxygens (including phenoxy) is 2. The summed E-state index contributed by atoms with van der Waals surface area (Å²) in [7, 11) is 1.35. The van der Waals surface area contributed by atoms with E-state index in [2.05, 4.69) is 14.9 Å². The number of carbonyl (C=O) groups excluding carboxylic acids is 2. The van der Waals surface area contributed by atoms with Gasteiger partial charge >= 0.3 is 5.97 Å². The van der Waals surface area contributed by atoms with Crippen molar-refractivity contribution in [2.45, 2.75) is 120 Å². The molecular weight excluding hydrogens is 747 g/mol. The Hall–Kier alpha value is -4.52. The van der Waals surface area contributed by atoms with E-state index in [9.17, 15) is 24.3 Å². The van der Waals surface area contributed by atoms with Crippen molar-refractivity contribution in [3.8, 4) is 11.5 Å². The summed E-state index contributed by atoms with van der Waals surface area (Å²) in [5.41, 5.74) is 2.00. The van der Waals surface area contributed by atoms with E-state index < -0.39 is 16.6 Å². The molecule has 0 amide bonds. The van der Waals surface area contributed by atoms with Gasteiger partial charge in [0.15, 0.2) is 21.5 Å². The smallest absolute Gasteiger partial charge is 0.337 e. The van der Waals surface area contributed by atoms with Crippen LogP contribution in [0, 0.1) is 0 Å². The van der Waals surface area contributed by atoms with Crippen LogP contribution in [0.5, 0.6) is 11.5 Å². The number of aromatic nitrogens is 4. The van der Waals surface area contributed by atoms with Gasteiger partial charge in [0.2, 0.25) is 0 Å². The van der Waals surface area contributed by atoms with Gasteiger partial charge in [-0.25, -0.2) is 14.2 Å². The van der Waals surface area contributed by atoms with Crippen LogP contribution in [0.15, 0.2) is 70.5 Å². The molecule has 55 heavy (non-hydrogen) atoms. The zero-order valence-electron chi connectivity index (χ0n) is 31.8. The number of hydrogen-bond acceptors (Lipinski definition) is 10. The number of nitrogens with zero attached hydrogens (tertiary/aromatic N) is 4. The van der Waals surface area contributed by atoms with Crippen LogP contribution in [-0.4, -0.2) is 54.7 Å². The van der Waals surface area contributed by atoms with Crippen molar-refractivity contribution < 1.29 is 29.3 Å². The highest BCUT2D eigenvalue weighted by Gasteiger charge is 2.20. The van der Waals surface area contributed by atoms with Gasteiger partial charge in [-0.3, -0.25) is 9.59 Å². The maximum atomic E-state index is 12.3. The van der Waals surface area contributed by atoms with E-state index in [1.54, 1.807) is 26.0 Å². The quantitative estimate of drug-likeness (QED) is 0.150. The van der Waals surface area contributed by atoms with Gasteiger partial charge < -0.3 is 24.5 Å². The molecule has 2 aromatic heterocycles. The normalized spacial score (nSPS) is 11.3. The summed E-state index contributed by atoms with van der Waals surface area (Å²) in [4.78, 5) is 45.6. The van der Waals surface area contributed by atoms with Crippen LogP contribution in [0.4, 0.5) is 0 Å². The van der Waals surface area contributed by atoms with E-state index >= 15 is 0 Å². The van der Waals surface area contributed by atoms with E-state index in [1.807, 2.05) is 77.9 Å². The highest BCUT2D eigenvalue weighted by atomic mass is 35.5. The Morgan fingerprint density at radius 1 is 0.782 bits per heavy atom. The van der Waals surface area contributed by atoms with Crippen LogP contribution in [-0.2, 0) is 40.1 Å². The maximum absolute atomic E-state index is 12.3. The Morgan fingerprint density at radius 2 is 1.24 bits per heavy atom. The van der Waals surface area contributed by atoms with E-state index in [-0.39, 0.29) is 59.8 Å². The standard InChI is InChI=1S/C19H25ClN2O3.C12H14O3.C8H11ClN2O2.2CH4/c1-13(23)5-6-14-7-9-15(10-8-14)12-25-16-11-21-22(19(2,3)4)18(24)17(16)20;1-9(13)3-4-10-5-7-11(8-6-10)12(14)15-2;1-8(2,3)11-7(13)6(9)5(12)4-10-11;;/h7-11,13,23H,5-6,12H2,1-4H3;5-8H,3-4H2,1-2H3;4,12H,1-3H3;2*1H4. The summed E-state index contributed by atoms with van der Waals surface area (Å²) in [5, 5.41) is 26.2. The zero-order chi connectivity index (χ0) is 40.1. The molecule has 0 bridgehead atoms. The summed E-state index contributed by atoms with van der Waals surface area (Å²) in [6.45, 7) is 14.8. The number of aliphatic hydroxyl groups is 1. The fraction of sp³-hybridized carbons (Fsp3) is 0.463. The first kappa shape index (κ1) is 50.5. The Balaban J connectivity index is 0.000000838. The molecular formula is C41H58Cl2N4O8. The largest absolute Gasteiger partial charge is 0.505 e. The summed E-state index contributed by atoms with van der Waals surface area (Å²) in [6.07, 6.45) is 5.17. The molecule has 14 heteroatoms. The minimum atomic E-state index is -0.478. The number of Topliss-reactive ketones (excluding diaryl/α,β-unsaturated/α-hetero) is 1. The van der Waals surface area contributed by atoms with Crippen molar-refractivity contribution in [2.75, 3.05) is 7.11 Å². The van der Waals surface area contributed by atoms with Gasteiger partial charge in [0, 0.05) is 6.42 Å². The van der Waals surface area contributed by atoms with Crippen LogP contribution in [0.2, 0.25) is 10.0 Å². The lowest BCUT2D eigenvalue weighted by atomic mass is 10.1. The molecule has 1 unspecified atom stereocenters.